The molecule has 1 aromatic carbocycles. The lowest BCUT2D eigenvalue weighted by molar-refractivity contribution is -0.134. The second kappa shape index (κ2) is 7.68. The van der Waals surface area contributed by atoms with Gasteiger partial charge in [0.25, 0.3) is 11.8 Å². The van der Waals surface area contributed by atoms with Crippen molar-refractivity contribution in [3.05, 3.63) is 47.7 Å². The van der Waals surface area contributed by atoms with Crippen LogP contribution in [0.2, 0.25) is 0 Å². The predicted octanol–water partition coefficient (Wildman–Crippen LogP) is 3.09. The number of aromatic nitrogens is 3. The molecule has 2 aliphatic rings. The molecule has 9 heteroatoms. The molecule has 9 nitrogen and oxygen atoms in total. The monoisotopic (exact) mass is 446 g/mol. The molecule has 1 saturated carbocycles. The molecule has 5 rings (SSSR count). The number of nitrogens with zero attached hydrogens (tertiary/aromatic N) is 4. The van der Waals surface area contributed by atoms with Crippen molar-refractivity contribution in [3.63, 3.8) is 0 Å². The number of benzene rings is 1. The summed E-state index contributed by atoms with van der Waals surface area (Å²) in [5, 5.41) is 8.67. The Labute approximate surface area is 191 Å². The van der Waals surface area contributed by atoms with E-state index in [-0.39, 0.29) is 0 Å². The lowest BCUT2D eigenvalue weighted by Crippen LogP contribution is -2.51. The van der Waals surface area contributed by atoms with E-state index in [1.807, 2.05) is 30.3 Å². The quantitative estimate of drug-likeness (QED) is 0.601. The molecule has 1 saturated heterocycles. The highest BCUT2D eigenvalue weighted by Gasteiger charge is 2.53. The molecule has 0 radical (unpaired) electrons. The van der Waals surface area contributed by atoms with Gasteiger partial charge < -0.3 is 5.32 Å². The smallest absolute Gasteiger partial charge is 0.322 e. The highest BCUT2D eigenvalue weighted by Crippen LogP contribution is 2.36. The van der Waals surface area contributed by atoms with E-state index in [9.17, 15) is 14.4 Å². The van der Waals surface area contributed by atoms with Gasteiger partial charge in [0.1, 0.15) is 5.54 Å². The Morgan fingerprint density at radius 1 is 1.18 bits per heavy atom. The maximum atomic E-state index is 13.4. The molecule has 0 bridgehead atoms. The standard InChI is InChI=1S/C24H26N6O3/c1-14-9-11-24(12-10-14)22(32)30(23(33)26-24)28-21(31)17-13-18(16-7-5-4-6-8-16)25-20-19(17)15(2)27-29(20)3/h4-8,13-14H,9-12H2,1-3H3,(H,26,33)(H,28,31). The van der Waals surface area contributed by atoms with E-state index in [1.54, 1.807) is 24.7 Å². The molecule has 1 spiro atoms. The summed E-state index contributed by atoms with van der Waals surface area (Å²) in [5.41, 5.74) is 4.57. The molecule has 1 aliphatic heterocycles. The van der Waals surface area contributed by atoms with Gasteiger partial charge in [0.2, 0.25) is 0 Å². The van der Waals surface area contributed by atoms with E-state index in [4.69, 9.17) is 4.98 Å². The zero-order chi connectivity index (χ0) is 23.3. The van der Waals surface area contributed by atoms with Gasteiger partial charge in [-0.1, -0.05) is 37.3 Å². The minimum atomic E-state index is -0.927. The van der Waals surface area contributed by atoms with E-state index < -0.39 is 23.4 Å². The third-order valence-corrected chi connectivity index (χ3v) is 6.79. The van der Waals surface area contributed by atoms with Crippen LogP contribution in [0.3, 0.4) is 0 Å². The van der Waals surface area contributed by atoms with Crippen LogP contribution in [0.15, 0.2) is 36.4 Å². The first kappa shape index (κ1) is 21.1. The number of nitrogens with one attached hydrogen (secondary N) is 2. The lowest BCUT2D eigenvalue weighted by Gasteiger charge is -2.33. The third-order valence-electron chi connectivity index (χ3n) is 6.79. The number of hydrogen-bond donors (Lipinski definition) is 2. The van der Waals surface area contributed by atoms with Crippen LogP contribution in [-0.4, -0.2) is 43.2 Å². The molecule has 33 heavy (non-hydrogen) atoms. The number of hydrazine groups is 1. The van der Waals surface area contributed by atoms with Crippen molar-refractivity contribution in [2.75, 3.05) is 0 Å². The van der Waals surface area contributed by atoms with E-state index in [0.717, 1.165) is 23.4 Å². The number of hydrogen-bond acceptors (Lipinski definition) is 5. The second-order valence-electron chi connectivity index (χ2n) is 9.10. The zero-order valence-corrected chi connectivity index (χ0v) is 18.9. The molecule has 2 aromatic heterocycles. The molecule has 3 aromatic rings. The number of pyridine rings is 1. The molecule has 2 N–H and O–H groups in total. The van der Waals surface area contributed by atoms with Crippen LogP contribution in [0.25, 0.3) is 22.3 Å². The average molecular weight is 447 g/mol. The highest BCUT2D eigenvalue weighted by atomic mass is 16.2. The van der Waals surface area contributed by atoms with Crippen LogP contribution in [0.5, 0.6) is 0 Å². The topological polar surface area (TPSA) is 109 Å². The van der Waals surface area contributed by atoms with Crippen molar-refractivity contribution in [2.24, 2.45) is 13.0 Å². The molecule has 2 fully saturated rings. The summed E-state index contributed by atoms with van der Waals surface area (Å²) in [4.78, 5) is 44.0. The van der Waals surface area contributed by atoms with Crippen LogP contribution in [0, 0.1) is 12.8 Å². The fraction of sp³-hybridized carbons (Fsp3) is 0.375. The first-order chi connectivity index (χ1) is 15.8. The number of carbonyl (C=O) groups excluding carboxylic acids is 3. The number of carbonyl (C=O) groups is 3. The average Bonchev–Trinajstić information content (AvgIpc) is 3.23. The van der Waals surface area contributed by atoms with Gasteiger partial charge in [-0.2, -0.15) is 10.1 Å². The fourth-order valence-electron chi connectivity index (χ4n) is 4.86. The van der Waals surface area contributed by atoms with Crippen LogP contribution < -0.4 is 10.7 Å². The summed E-state index contributed by atoms with van der Waals surface area (Å²) in [6.07, 6.45) is 2.86. The molecular formula is C24H26N6O3. The number of aryl methyl sites for hydroxylation is 2. The van der Waals surface area contributed by atoms with Crippen LogP contribution >= 0.6 is 0 Å². The summed E-state index contributed by atoms with van der Waals surface area (Å²) in [6.45, 7) is 3.94. The second-order valence-corrected chi connectivity index (χ2v) is 9.10. The molecular weight excluding hydrogens is 420 g/mol. The van der Waals surface area contributed by atoms with E-state index in [0.29, 0.717) is 46.7 Å². The van der Waals surface area contributed by atoms with Gasteiger partial charge in [-0.15, -0.1) is 0 Å². The number of rotatable bonds is 3. The van der Waals surface area contributed by atoms with Crippen molar-refractivity contribution in [2.45, 2.75) is 45.1 Å². The minimum Gasteiger partial charge on any atom is -0.322 e. The third kappa shape index (κ3) is 3.44. The Morgan fingerprint density at radius 3 is 2.58 bits per heavy atom. The largest absolute Gasteiger partial charge is 0.344 e. The van der Waals surface area contributed by atoms with Gasteiger partial charge in [-0.05, 0) is 44.6 Å². The summed E-state index contributed by atoms with van der Waals surface area (Å²) < 4.78 is 1.62. The lowest BCUT2D eigenvalue weighted by atomic mass is 9.77. The van der Waals surface area contributed by atoms with Gasteiger partial charge >= 0.3 is 6.03 Å². The van der Waals surface area contributed by atoms with E-state index in [1.165, 1.54) is 0 Å². The van der Waals surface area contributed by atoms with Gasteiger partial charge in [-0.25, -0.2) is 9.78 Å². The van der Waals surface area contributed by atoms with Crippen molar-refractivity contribution in [1.29, 1.82) is 0 Å². The SMILES string of the molecule is Cc1nn(C)c2nc(-c3ccccc3)cc(C(=O)NN3C(=O)NC4(CCC(C)CC4)C3=O)c12. The van der Waals surface area contributed by atoms with Crippen LogP contribution in [0.1, 0.15) is 48.7 Å². The van der Waals surface area contributed by atoms with Crippen molar-refractivity contribution >= 4 is 28.9 Å². The summed E-state index contributed by atoms with van der Waals surface area (Å²) in [5.74, 6) is -0.441. The number of amides is 4. The Kier molecular flexibility index (Phi) is 4.92. The Bertz CT molecular complexity index is 1270. The van der Waals surface area contributed by atoms with Gasteiger partial charge in [0, 0.05) is 12.6 Å². The van der Waals surface area contributed by atoms with Crippen LogP contribution in [0.4, 0.5) is 4.79 Å². The maximum absolute atomic E-state index is 13.4. The normalized spacial score (nSPS) is 22.8. The van der Waals surface area contributed by atoms with Crippen molar-refractivity contribution < 1.29 is 14.4 Å². The van der Waals surface area contributed by atoms with Crippen LogP contribution in [-0.2, 0) is 11.8 Å². The number of urea groups is 1. The molecule has 1 aliphatic carbocycles. The molecule has 0 unspecified atom stereocenters. The predicted molar refractivity (Wildman–Crippen MR) is 122 cm³/mol. The zero-order valence-electron chi connectivity index (χ0n) is 18.9. The first-order valence-electron chi connectivity index (χ1n) is 11.2. The summed E-state index contributed by atoms with van der Waals surface area (Å²) in [7, 11) is 1.77. The highest BCUT2D eigenvalue weighted by molar-refractivity contribution is 6.12. The van der Waals surface area contributed by atoms with Gasteiger partial charge in [0.15, 0.2) is 5.65 Å². The number of fused-ring (bicyclic) bond motifs is 1. The molecule has 4 amide bonds. The maximum Gasteiger partial charge on any atom is 0.344 e. The number of imide groups is 1. The van der Waals surface area contributed by atoms with Crippen molar-refractivity contribution in [1.82, 2.24) is 30.5 Å². The van der Waals surface area contributed by atoms with Crippen molar-refractivity contribution in [3.8, 4) is 11.3 Å². The molecule has 170 valence electrons. The Balaban J connectivity index is 1.51. The molecule has 3 heterocycles. The fourth-order valence-corrected chi connectivity index (χ4v) is 4.86. The Hall–Kier alpha value is -3.75. The van der Waals surface area contributed by atoms with E-state index in [2.05, 4.69) is 22.8 Å². The first-order valence-corrected chi connectivity index (χ1v) is 11.2. The minimum absolute atomic E-state index is 0.309. The van der Waals surface area contributed by atoms with E-state index >= 15 is 0 Å². The summed E-state index contributed by atoms with van der Waals surface area (Å²) in [6, 6.07) is 10.6. The van der Waals surface area contributed by atoms with Gasteiger partial charge in [0.05, 0.1) is 22.3 Å². The Morgan fingerprint density at radius 2 is 1.88 bits per heavy atom. The molecule has 0 atom stereocenters. The van der Waals surface area contributed by atoms with Gasteiger partial charge in [-0.3, -0.25) is 19.7 Å². The summed E-state index contributed by atoms with van der Waals surface area (Å²) >= 11 is 0.